The first-order valence-corrected chi connectivity index (χ1v) is 14.8. The summed E-state index contributed by atoms with van der Waals surface area (Å²) >= 11 is 0. The Morgan fingerprint density at radius 2 is 1.07 bits per heavy atom. The summed E-state index contributed by atoms with van der Waals surface area (Å²) in [6.45, 7) is 6.79. The molecule has 0 saturated carbocycles. The highest BCUT2D eigenvalue weighted by Crippen LogP contribution is 2.11. The molecule has 0 aliphatic heterocycles. The van der Waals surface area contributed by atoms with Crippen molar-refractivity contribution in [3.8, 4) is 0 Å². The van der Waals surface area contributed by atoms with Crippen LogP contribution in [0.2, 0.25) is 0 Å². The van der Waals surface area contributed by atoms with E-state index in [1.54, 1.807) is 0 Å². The molecule has 1 atom stereocenters. The van der Waals surface area contributed by atoms with Crippen LogP contribution in [0.25, 0.3) is 21.5 Å². The number of hydrogen-bond acceptors (Lipinski definition) is 3. The molecule has 2 heterocycles. The van der Waals surface area contributed by atoms with E-state index in [2.05, 4.69) is 108 Å². The minimum atomic E-state index is -1.29. The number of hydrogen-bond donors (Lipinski definition) is 3. The molecule has 0 unspecified atom stereocenters. The predicted octanol–water partition coefficient (Wildman–Crippen LogP) is 6.29. The molecule has 0 bridgehead atoms. The highest BCUT2D eigenvalue weighted by molar-refractivity contribution is 5.81. The molecule has 0 spiro atoms. The fourth-order valence-corrected chi connectivity index (χ4v) is 4.35. The standard InChI is InChI=1S/2C15H20N.C4H7NO4/c2*1-2-3-4-7-11-16-12-10-14-8-5-6-9-15(14)13-16;5-2(4(8)9)1-3(6)7/h2*5-6,8-10,12-13H,2-4,7,11H2,1H3;2H,1,5H2,(H,6,7)(H,8,9)/q2*+1;/t;;2-/m..0/s1. The van der Waals surface area contributed by atoms with Gasteiger partial charge >= 0.3 is 11.9 Å². The molecule has 2 aromatic carbocycles. The zero-order valence-corrected chi connectivity index (χ0v) is 24.6. The molecule has 0 aliphatic carbocycles. The number of unbranched alkanes of at least 4 members (excludes halogenated alkanes) is 6. The first kappa shape index (κ1) is 33.4. The molecule has 0 fully saturated rings. The van der Waals surface area contributed by atoms with Crippen molar-refractivity contribution in [2.45, 2.75) is 90.8 Å². The van der Waals surface area contributed by atoms with Crippen LogP contribution in [0.1, 0.15) is 71.6 Å². The van der Waals surface area contributed by atoms with Crippen molar-refractivity contribution in [3.05, 3.63) is 85.5 Å². The Labute approximate surface area is 244 Å². The molecule has 4 aromatic rings. The summed E-state index contributed by atoms with van der Waals surface area (Å²) in [5.74, 6) is -2.50. The fourth-order valence-electron chi connectivity index (χ4n) is 4.35. The molecule has 2 aromatic heterocycles. The van der Waals surface area contributed by atoms with Gasteiger partial charge in [-0.2, -0.15) is 0 Å². The minimum Gasteiger partial charge on any atom is -0.481 e. The summed E-state index contributed by atoms with van der Waals surface area (Å²) in [6.07, 6.45) is 18.9. The molecule has 0 radical (unpaired) electrons. The van der Waals surface area contributed by atoms with Crippen molar-refractivity contribution in [2.75, 3.05) is 0 Å². The number of aliphatic carboxylic acids is 2. The predicted molar refractivity (Wildman–Crippen MR) is 164 cm³/mol. The topological polar surface area (TPSA) is 108 Å². The van der Waals surface area contributed by atoms with E-state index in [-0.39, 0.29) is 0 Å². The lowest BCUT2D eigenvalue weighted by molar-refractivity contribution is -0.696. The van der Waals surface area contributed by atoms with Gasteiger partial charge in [0.2, 0.25) is 0 Å². The Hall–Kier alpha value is -3.84. The number of nitrogens with zero attached hydrogens (tertiary/aromatic N) is 2. The monoisotopic (exact) mass is 561 g/mol. The Kier molecular flexibility index (Phi) is 15.7. The van der Waals surface area contributed by atoms with Crippen LogP contribution in [0.15, 0.2) is 85.5 Å². The van der Waals surface area contributed by atoms with Crippen molar-refractivity contribution in [1.82, 2.24) is 0 Å². The zero-order chi connectivity index (χ0) is 29.9. The number of carboxylic acid groups (broad SMARTS) is 2. The quantitative estimate of drug-likeness (QED) is 0.131. The van der Waals surface area contributed by atoms with E-state index >= 15 is 0 Å². The van der Waals surface area contributed by atoms with E-state index in [0.717, 1.165) is 13.1 Å². The highest BCUT2D eigenvalue weighted by Gasteiger charge is 2.14. The lowest BCUT2D eigenvalue weighted by Gasteiger charge is -1.99. The summed E-state index contributed by atoms with van der Waals surface area (Å²) in [7, 11) is 0. The van der Waals surface area contributed by atoms with Crippen LogP contribution in [0.5, 0.6) is 0 Å². The third-order valence-electron chi connectivity index (χ3n) is 6.74. The Balaban J connectivity index is 0.000000225. The van der Waals surface area contributed by atoms with Crippen molar-refractivity contribution in [2.24, 2.45) is 5.73 Å². The van der Waals surface area contributed by atoms with Crippen molar-refractivity contribution in [3.63, 3.8) is 0 Å². The van der Waals surface area contributed by atoms with Gasteiger partial charge in [-0.3, -0.25) is 9.59 Å². The molecular weight excluding hydrogens is 514 g/mol. The number of benzene rings is 2. The zero-order valence-electron chi connectivity index (χ0n) is 24.6. The van der Waals surface area contributed by atoms with Gasteiger partial charge in [0.15, 0.2) is 24.8 Å². The van der Waals surface area contributed by atoms with Crippen LogP contribution in [-0.2, 0) is 22.7 Å². The average Bonchev–Trinajstić information content (AvgIpc) is 2.98. The van der Waals surface area contributed by atoms with Crippen LogP contribution in [-0.4, -0.2) is 28.2 Å². The van der Waals surface area contributed by atoms with E-state index in [4.69, 9.17) is 15.9 Å². The van der Waals surface area contributed by atoms with Gasteiger partial charge in [-0.15, -0.1) is 0 Å². The van der Waals surface area contributed by atoms with Gasteiger partial charge in [0, 0.05) is 35.7 Å². The fraction of sp³-hybridized carbons (Fsp3) is 0.412. The van der Waals surface area contributed by atoms with Crippen LogP contribution in [0, 0.1) is 0 Å². The number of carboxylic acids is 2. The third-order valence-corrected chi connectivity index (χ3v) is 6.74. The van der Waals surface area contributed by atoms with Gasteiger partial charge in [0.05, 0.1) is 6.42 Å². The molecule has 0 amide bonds. The molecule has 41 heavy (non-hydrogen) atoms. The number of aromatic nitrogens is 2. The molecule has 7 nitrogen and oxygen atoms in total. The normalized spacial score (nSPS) is 11.2. The van der Waals surface area contributed by atoms with E-state index in [1.807, 2.05) is 0 Å². The molecule has 7 heteroatoms. The van der Waals surface area contributed by atoms with Crippen molar-refractivity contribution in [1.29, 1.82) is 0 Å². The number of pyridine rings is 2. The van der Waals surface area contributed by atoms with Crippen LogP contribution < -0.4 is 14.9 Å². The maximum atomic E-state index is 9.85. The van der Waals surface area contributed by atoms with Gasteiger partial charge in [0.25, 0.3) is 0 Å². The van der Waals surface area contributed by atoms with Crippen LogP contribution in [0.3, 0.4) is 0 Å². The lowest BCUT2D eigenvalue weighted by atomic mass is 10.1. The van der Waals surface area contributed by atoms with Gasteiger partial charge in [0.1, 0.15) is 19.1 Å². The summed E-state index contributed by atoms with van der Waals surface area (Å²) in [5, 5.41) is 21.4. The second-order valence-corrected chi connectivity index (χ2v) is 10.3. The summed E-state index contributed by atoms with van der Waals surface area (Å²) in [5.41, 5.74) is 4.84. The SMILES string of the molecule is CCCCCC[n+]1ccc2ccccc2c1.CCCCCC[n+]1ccc2ccccc2c1.N[C@@H](CC(=O)O)C(=O)O. The minimum absolute atomic E-state index is 0.532. The van der Waals surface area contributed by atoms with Gasteiger partial charge in [-0.1, -0.05) is 75.9 Å². The Morgan fingerprint density at radius 3 is 1.41 bits per heavy atom. The molecule has 0 saturated heterocycles. The van der Waals surface area contributed by atoms with E-state index in [0.29, 0.717) is 0 Å². The third kappa shape index (κ3) is 13.4. The molecule has 0 aliphatic rings. The Bertz CT molecular complexity index is 1250. The summed E-state index contributed by atoms with van der Waals surface area (Å²) in [4.78, 5) is 19.6. The highest BCUT2D eigenvalue weighted by atomic mass is 16.4. The maximum absolute atomic E-state index is 9.85. The second-order valence-electron chi connectivity index (χ2n) is 10.3. The number of aryl methyl sites for hydroxylation is 2. The maximum Gasteiger partial charge on any atom is 0.321 e. The molecule has 4 rings (SSSR count). The van der Waals surface area contributed by atoms with Gasteiger partial charge in [-0.25, -0.2) is 9.13 Å². The smallest absolute Gasteiger partial charge is 0.321 e. The Morgan fingerprint density at radius 1 is 0.659 bits per heavy atom. The first-order valence-electron chi connectivity index (χ1n) is 14.8. The molecule has 4 N–H and O–H groups in total. The van der Waals surface area contributed by atoms with E-state index in [9.17, 15) is 9.59 Å². The van der Waals surface area contributed by atoms with Crippen molar-refractivity contribution >= 4 is 33.5 Å². The molecule has 220 valence electrons. The number of carbonyl (C=O) groups is 2. The van der Waals surface area contributed by atoms with Gasteiger partial charge < -0.3 is 15.9 Å². The number of nitrogens with two attached hydrogens (primary N) is 1. The van der Waals surface area contributed by atoms with Gasteiger partial charge in [-0.05, 0) is 35.7 Å². The van der Waals surface area contributed by atoms with E-state index < -0.39 is 24.4 Å². The summed E-state index contributed by atoms with van der Waals surface area (Å²) < 4.78 is 4.61. The molecular formula is C34H47N3O4+2. The number of fused-ring (bicyclic) bond motifs is 2. The summed E-state index contributed by atoms with van der Waals surface area (Å²) in [6, 6.07) is 20.2. The average molecular weight is 562 g/mol. The largest absolute Gasteiger partial charge is 0.481 e. The second kappa shape index (κ2) is 19.3. The lowest BCUT2D eigenvalue weighted by Crippen LogP contribution is -2.32. The van der Waals surface area contributed by atoms with E-state index in [1.165, 1.54) is 72.9 Å². The van der Waals surface area contributed by atoms with Crippen molar-refractivity contribution < 1.29 is 28.9 Å². The number of rotatable bonds is 13. The van der Waals surface area contributed by atoms with Crippen LogP contribution >= 0.6 is 0 Å². The first-order chi connectivity index (χ1) is 19.8. The van der Waals surface area contributed by atoms with Crippen LogP contribution in [0.4, 0.5) is 0 Å².